The Balaban J connectivity index is 1.76. The fourth-order valence-corrected chi connectivity index (χ4v) is 3.58. The molecule has 4 heteroatoms. The molecule has 132 valence electrons. The summed E-state index contributed by atoms with van der Waals surface area (Å²) in [7, 11) is 1.73. The third-order valence-electron chi connectivity index (χ3n) is 4.84. The van der Waals surface area contributed by atoms with E-state index in [-0.39, 0.29) is 17.7 Å². The lowest BCUT2D eigenvalue weighted by Crippen LogP contribution is -2.55. The Morgan fingerprint density at radius 2 is 1.84 bits per heavy atom. The van der Waals surface area contributed by atoms with Gasteiger partial charge >= 0.3 is 6.03 Å². The van der Waals surface area contributed by atoms with Crippen LogP contribution in [0.15, 0.2) is 54.6 Å². The highest BCUT2D eigenvalue weighted by molar-refractivity contribution is 5.95. The van der Waals surface area contributed by atoms with Gasteiger partial charge < -0.3 is 10.1 Å². The summed E-state index contributed by atoms with van der Waals surface area (Å²) >= 11 is 0. The molecule has 0 saturated heterocycles. The van der Waals surface area contributed by atoms with Crippen LogP contribution in [0.4, 0.5) is 10.5 Å². The first-order valence-corrected chi connectivity index (χ1v) is 8.76. The first kappa shape index (κ1) is 17.5. The monoisotopic (exact) mass is 338 g/mol. The number of carbonyl (C=O) groups excluding carboxylic acids is 1. The smallest absolute Gasteiger partial charge is 0.322 e. The number of hydrogen-bond donors (Lipinski definition) is 1. The fourth-order valence-electron chi connectivity index (χ4n) is 3.58. The van der Waals surface area contributed by atoms with Crippen LogP contribution in [0, 0.1) is 0 Å². The van der Waals surface area contributed by atoms with Crippen molar-refractivity contribution in [3.8, 4) is 0 Å². The minimum Gasteiger partial charge on any atom is -0.377 e. The zero-order chi connectivity index (χ0) is 17.9. The van der Waals surface area contributed by atoms with Crippen LogP contribution >= 0.6 is 0 Å². The molecular weight excluding hydrogens is 312 g/mol. The fraction of sp³-hybridized carbons (Fsp3) is 0.381. The molecule has 2 amide bonds. The van der Waals surface area contributed by atoms with Gasteiger partial charge in [0.25, 0.3) is 0 Å². The van der Waals surface area contributed by atoms with Gasteiger partial charge in [-0.05, 0) is 31.9 Å². The first-order chi connectivity index (χ1) is 12.0. The summed E-state index contributed by atoms with van der Waals surface area (Å²) in [5, 5.41) is 3.08. The number of methoxy groups -OCH3 is 1. The van der Waals surface area contributed by atoms with Crippen LogP contribution in [-0.4, -0.2) is 25.2 Å². The molecule has 0 aromatic heterocycles. The average Bonchev–Trinajstić information content (AvgIpc) is 2.61. The van der Waals surface area contributed by atoms with E-state index in [1.165, 1.54) is 5.56 Å². The molecule has 0 radical (unpaired) electrons. The van der Waals surface area contributed by atoms with E-state index in [1.54, 1.807) is 7.11 Å². The van der Waals surface area contributed by atoms with Crippen molar-refractivity contribution in [1.29, 1.82) is 0 Å². The Bertz CT molecular complexity index is 728. The van der Waals surface area contributed by atoms with Gasteiger partial charge in [0.15, 0.2) is 0 Å². The van der Waals surface area contributed by atoms with Gasteiger partial charge in [0.1, 0.15) is 0 Å². The molecule has 0 fully saturated rings. The largest absolute Gasteiger partial charge is 0.377 e. The van der Waals surface area contributed by atoms with Crippen LogP contribution in [-0.2, 0) is 11.2 Å². The van der Waals surface area contributed by atoms with E-state index in [0.29, 0.717) is 6.54 Å². The van der Waals surface area contributed by atoms with E-state index in [9.17, 15) is 4.79 Å². The molecule has 1 aliphatic heterocycles. The van der Waals surface area contributed by atoms with Crippen LogP contribution in [0.25, 0.3) is 0 Å². The van der Waals surface area contributed by atoms with Gasteiger partial charge in [-0.3, -0.25) is 4.90 Å². The third kappa shape index (κ3) is 3.69. The molecular formula is C21H26N2O2. The molecule has 4 nitrogen and oxygen atoms in total. The van der Waals surface area contributed by atoms with E-state index < -0.39 is 0 Å². The topological polar surface area (TPSA) is 41.6 Å². The van der Waals surface area contributed by atoms with Crippen LogP contribution in [0.1, 0.15) is 37.5 Å². The summed E-state index contributed by atoms with van der Waals surface area (Å²) in [6.07, 6.45) is 1.61. The second-order valence-corrected chi connectivity index (χ2v) is 7.10. The number of fused-ring (bicyclic) bond motifs is 1. The summed E-state index contributed by atoms with van der Waals surface area (Å²) in [6, 6.07) is 18.2. The molecule has 0 bridgehead atoms. The third-order valence-corrected chi connectivity index (χ3v) is 4.84. The minimum atomic E-state index is -0.314. The number of hydrogen-bond acceptors (Lipinski definition) is 2. The molecule has 1 N–H and O–H groups in total. The first-order valence-electron chi connectivity index (χ1n) is 8.76. The summed E-state index contributed by atoms with van der Waals surface area (Å²) in [5.74, 6) is 0. The average molecular weight is 338 g/mol. The number of para-hydroxylation sites is 1. The van der Waals surface area contributed by atoms with Crippen LogP contribution in [0.3, 0.4) is 0 Å². The number of rotatable bonds is 4. The maximum absolute atomic E-state index is 12.9. The summed E-state index contributed by atoms with van der Waals surface area (Å²) in [4.78, 5) is 14.8. The molecule has 1 unspecified atom stereocenters. The number of carbonyl (C=O) groups is 1. The predicted octanol–water partition coefficient (Wildman–Crippen LogP) is 4.32. The Morgan fingerprint density at radius 3 is 2.56 bits per heavy atom. The summed E-state index contributed by atoms with van der Waals surface area (Å²) in [6.45, 7) is 4.79. The zero-order valence-electron chi connectivity index (χ0n) is 15.2. The Kier molecular flexibility index (Phi) is 5.09. The molecule has 25 heavy (non-hydrogen) atoms. The van der Waals surface area contributed by atoms with Crippen molar-refractivity contribution in [1.82, 2.24) is 5.32 Å². The van der Waals surface area contributed by atoms with Crippen LogP contribution < -0.4 is 10.2 Å². The normalized spacial score (nSPS) is 18.5. The molecule has 0 aliphatic carbocycles. The van der Waals surface area contributed by atoms with Crippen molar-refractivity contribution in [2.24, 2.45) is 0 Å². The van der Waals surface area contributed by atoms with Gasteiger partial charge in [0, 0.05) is 31.2 Å². The Labute approximate surface area is 149 Å². The van der Waals surface area contributed by atoms with Crippen molar-refractivity contribution in [2.45, 2.75) is 38.3 Å². The summed E-state index contributed by atoms with van der Waals surface area (Å²) < 4.78 is 5.66. The molecule has 2 aromatic carbocycles. The molecule has 1 atom stereocenters. The SMILES string of the molecule is COC1CC(C)(C)N(C(=O)NCCc2ccccc2)c2ccccc21. The molecule has 3 rings (SSSR count). The van der Waals surface area contributed by atoms with Crippen molar-refractivity contribution in [2.75, 3.05) is 18.6 Å². The Morgan fingerprint density at radius 1 is 1.16 bits per heavy atom. The van der Waals surface area contributed by atoms with Crippen molar-refractivity contribution in [3.05, 3.63) is 65.7 Å². The number of benzene rings is 2. The van der Waals surface area contributed by atoms with Crippen molar-refractivity contribution < 1.29 is 9.53 Å². The molecule has 1 heterocycles. The number of urea groups is 1. The maximum Gasteiger partial charge on any atom is 0.322 e. The number of ether oxygens (including phenoxy) is 1. The second-order valence-electron chi connectivity index (χ2n) is 7.10. The molecule has 0 saturated carbocycles. The lowest BCUT2D eigenvalue weighted by molar-refractivity contribution is 0.0722. The summed E-state index contributed by atoms with van der Waals surface area (Å²) in [5.41, 5.74) is 2.91. The molecule has 1 aliphatic rings. The second kappa shape index (κ2) is 7.28. The van der Waals surface area contributed by atoms with Crippen molar-refractivity contribution in [3.63, 3.8) is 0 Å². The number of anilines is 1. The van der Waals surface area contributed by atoms with E-state index >= 15 is 0 Å². The number of nitrogens with zero attached hydrogens (tertiary/aromatic N) is 1. The van der Waals surface area contributed by atoms with Gasteiger partial charge in [0.2, 0.25) is 0 Å². The van der Waals surface area contributed by atoms with Gasteiger partial charge in [-0.25, -0.2) is 4.79 Å². The van der Waals surface area contributed by atoms with Crippen LogP contribution in [0.5, 0.6) is 0 Å². The van der Waals surface area contributed by atoms with Crippen LogP contribution in [0.2, 0.25) is 0 Å². The number of amides is 2. The van der Waals surface area contributed by atoms with E-state index in [1.807, 2.05) is 47.4 Å². The predicted molar refractivity (Wildman–Crippen MR) is 101 cm³/mol. The van der Waals surface area contributed by atoms with E-state index in [0.717, 1.165) is 24.1 Å². The highest BCUT2D eigenvalue weighted by atomic mass is 16.5. The number of nitrogens with one attached hydrogen (secondary N) is 1. The highest BCUT2D eigenvalue weighted by Gasteiger charge is 2.41. The minimum absolute atomic E-state index is 0.0135. The van der Waals surface area contributed by atoms with Gasteiger partial charge in [-0.2, -0.15) is 0 Å². The van der Waals surface area contributed by atoms with Crippen molar-refractivity contribution >= 4 is 11.7 Å². The van der Waals surface area contributed by atoms with Gasteiger partial charge in [0.05, 0.1) is 11.8 Å². The van der Waals surface area contributed by atoms with Gasteiger partial charge in [-0.15, -0.1) is 0 Å². The van der Waals surface area contributed by atoms with E-state index in [4.69, 9.17) is 4.74 Å². The highest BCUT2D eigenvalue weighted by Crippen LogP contribution is 2.43. The zero-order valence-corrected chi connectivity index (χ0v) is 15.2. The lowest BCUT2D eigenvalue weighted by atomic mass is 9.85. The van der Waals surface area contributed by atoms with E-state index in [2.05, 4.69) is 31.3 Å². The Hall–Kier alpha value is -2.33. The van der Waals surface area contributed by atoms with Gasteiger partial charge in [-0.1, -0.05) is 48.5 Å². The lowest BCUT2D eigenvalue weighted by Gasteiger charge is -2.45. The standard InChI is InChI=1S/C21H26N2O2/c1-21(2)15-19(25-3)17-11-7-8-12-18(17)23(21)20(24)22-14-13-16-9-5-4-6-10-16/h4-12,19H,13-15H2,1-3H3,(H,22,24). The quantitative estimate of drug-likeness (QED) is 0.902. The molecule has 0 spiro atoms. The maximum atomic E-state index is 12.9. The molecule has 2 aromatic rings.